The lowest BCUT2D eigenvalue weighted by Gasteiger charge is -2.19. The summed E-state index contributed by atoms with van der Waals surface area (Å²) in [5, 5.41) is 0. The van der Waals surface area contributed by atoms with Crippen LogP contribution in [0.2, 0.25) is 0 Å². The summed E-state index contributed by atoms with van der Waals surface area (Å²) in [7, 11) is 0. The number of likely N-dealkylation sites (tertiary alicyclic amines) is 1. The van der Waals surface area contributed by atoms with Crippen LogP contribution in [-0.2, 0) is 14.3 Å². The fourth-order valence-corrected chi connectivity index (χ4v) is 3.72. The summed E-state index contributed by atoms with van der Waals surface area (Å²) in [6.45, 7) is 3.15. The van der Waals surface area contributed by atoms with Crippen molar-refractivity contribution in [1.29, 1.82) is 0 Å². The van der Waals surface area contributed by atoms with E-state index in [0.717, 1.165) is 41.2 Å². The molecule has 1 saturated heterocycles. The highest BCUT2D eigenvalue weighted by atomic mass is 32.1. The van der Waals surface area contributed by atoms with E-state index in [1.54, 1.807) is 29.2 Å². The number of thiophene rings is 1. The highest BCUT2D eigenvalue weighted by Gasteiger charge is 2.25. The van der Waals surface area contributed by atoms with Gasteiger partial charge in [-0.2, -0.15) is 0 Å². The van der Waals surface area contributed by atoms with Crippen molar-refractivity contribution in [3.05, 3.63) is 53.4 Å². The number of hydrogen-bond donors (Lipinski definition) is 0. The second kappa shape index (κ2) is 8.12. The predicted octanol–water partition coefficient (Wildman–Crippen LogP) is 3.98. The lowest BCUT2D eigenvalue weighted by molar-refractivity contribution is -0.154. The maximum Gasteiger partial charge on any atom is 0.331 e. The number of amides is 1. The molecule has 4 nitrogen and oxygen atoms in total. The van der Waals surface area contributed by atoms with Crippen molar-refractivity contribution < 1.29 is 14.3 Å². The first-order valence-electron chi connectivity index (χ1n) is 8.46. The number of esters is 1. The number of ether oxygens (including phenoxy) is 1. The van der Waals surface area contributed by atoms with Crippen molar-refractivity contribution >= 4 is 29.3 Å². The lowest BCUT2D eigenvalue weighted by Crippen LogP contribution is -2.37. The molecule has 1 amide bonds. The van der Waals surface area contributed by atoms with E-state index in [0.29, 0.717) is 0 Å². The van der Waals surface area contributed by atoms with Crippen LogP contribution in [0.3, 0.4) is 0 Å². The smallest absolute Gasteiger partial charge is 0.331 e. The fraction of sp³-hybridized carbons (Fsp3) is 0.300. The van der Waals surface area contributed by atoms with Crippen molar-refractivity contribution in [2.45, 2.75) is 25.9 Å². The summed E-state index contributed by atoms with van der Waals surface area (Å²) >= 11 is 1.60. The van der Waals surface area contributed by atoms with Gasteiger partial charge in [0.15, 0.2) is 6.10 Å². The third-order valence-corrected chi connectivity index (χ3v) is 5.23. The van der Waals surface area contributed by atoms with Gasteiger partial charge in [-0.1, -0.05) is 30.3 Å². The Morgan fingerprint density at radius 2 is 1.84 bits per heavy atom. The zero-order valence-electron chi connectivity index (χ0n) is 14.2. The summed E-state index contributed by atoms with van der Waals surface area (Å²) in [5.41, 5.74) is 1.15. The molecule has 1 aromatic carbocycles. The van der Waals surface area contributed by atoms with Gasteiger partial charge in [0.05, 0.1) is 0 Å². The van der Waals surface area contributed by atoms with Crippen molar-refractivity contribution in [2.75, 3.05) is 13.1 Å². The minimum absolute atomic E-state index is 0.110. The first-order valence-corrected chi connectivity index (χ1v) is 9.28. The molecular formula is C20H21NO3S. The maximum absolute atomic E-state index is 12.1. The lowest BCUT2D eigenvalue weighted by atomic mass is 10.2. The van der Waals surface area contributed by atoms with Crippen molar-refractivity contribution in [3.63, 3.8) is 0 Å². The first-order chi connectivity index (χ1) is 12.1. The second-order valence-corrected chi connectivity index (χ2v) is 7.13. The quantitative estimate of drug-likeness (QED) is 0.602. The normalized spacial score (nSPS) is 15.5. The van der Waals surface area contributed by atoms with Crippen molar-refractivity contribution in [2.24, 2.45) is 0 Å². The van der Waals surface area contributed by atoms with Gasteiger partial charge in [0.1, 0.15) is 0 Å². The summed E-state index contributed by atoms with van der Waals surface area (Å²) in [6, 6.07) is 14.1. The van der Waals surface area contributed by atoms with Crippen molar-refractivity contribution in [3.8, 4) is 10.4 Å². The van der Waals surface area contributed by atoms with Crippen LogP contribution in [0.15, 0.2) is 48.5 Å². The van der Waals surface area contributed by atoms with Gasteiger partial charge in [0.25, 0.3) is 5.91 Å². The Bertz CT molecular complexity index is 760. The van der Waals surface area contributed by atoms with Crippen LogP contribution in [0.1, 0.15) is 24.6 Å². The fourth-order valence-electron chi connectivity index (χ4n) is 2.81. The topological polar surface area (TPSA) is 46.6 Å². The second-order valence-electron chi connectivity index (χ2n) is 6.01. The molecule has 2 heterocycles. The Hall–Kier alpha value is -2.40. The molecular weight excluding hydrogens is 334 g/mol. The molecule has 1 aliphatic rings. The molecule has 1 aliphatic heterocycles. The van der Waals surface area contributed by atoms with E-state index in [1.165, 1.54) is 6.08 Å². The molecule has 1 aromatic heterocycles. The number of benzene rings is 1. The van der Waals surface area contributed by atoms with Crippen LogP contribution in [0.5, 0.6) is 0 Å². The van der Waals surface area contributed by atoms with Crippen LogP contribution in [-0.4, -0.2) is 36.0 Å². The van der Waals surface area contributed by atoms with Gasteiger partial charge in [-0.05, 0) is 43.5 Å². The molecule has 3 rings (SSSR count). The largest absolute Gasteiger partial charge is 0.449 e. The van der Waals surface area contributed by atoms with Gasteiger partial charge >= 0.3 is 5.97 Å². The summed E-state index contributed by atoms with van der Waals surface area (Å²) < 4.78 is 5.23. The van der Waals surface area contributed by atoms with Crippen LogP contribution in [0, 0.1) is 0 Å². The van der Waals surface area contributed by atoms with Crippen LogP contribution in [0.25, 0.3) is 16.5 Å². The highest BCUT2D eigenvalue weighted by molar-refractivity contribution is 7.16. The molecule has 0 radical (unpaired) electrons. The minimum atomic E-state index is -0.738. The Morgan fingerprint density at radius 1 is 1.12 bits per heavy atom. The Labute approximate surface area is 151 Å². The average molecular weight is 355 g/mol. The molecule has 1 fully saturated rings. The molecule has 25 heavy (non-hydrogen) atoms. The molecule has 0 spiro atoms. The molecule has 0 bridgehead atoms. The monoisotopic (exact) mass is 355 g/mol. The Balaban J connectivity index is 1.55. The number of carbonyl (C=O) groups is 2. The predicted molar refractivity (Wildman–Crippen MR) is 100 cm³/mol. The third-order valence-electron chi connectivity index (χ3n) is 4.13. The molecule has 0 unspecified atom stereocenters. The van der Waals surface area contributed by atoms with E-state index in [2.05, 4.69) is 12.1 Å². The van der Waals surface area contributed by atoms with Crippen molar-refractivity contribution in [1.82, 2.24) is 4.90 Å². The standard InChI is InChI=1S/C20H21NO3S/c1-15(20(23)21-13-5-6-14-21)24-19(22)12-10-17-9-11-18(25-17)16-7-3-2-4-8-16/h2-4,7-12,15H,5-6,13-14H2,1H3/b12-10+/t15-/m1/s1. The number of hydrogen-bond acceptors (Lipinski definition) is 4. The Morgan fingerprint density at radius 3 is 2.56 bits per heavy atom. The molecule has 1 atom stereocenters. The summed E-state index contributed by atoms with van der Waals surface area (Å²) in [4.78, 5) is 28.0. The van der Waals surface area contributed by atoms with Gasteiger partial charge < -0.3 is 9.64 Å². The van der Waals surface area contributed by atoms with E-state index in [4.69, 9.17) is 4.74 Å². The van der Waals surface area contributed by atoms with E-state index in [9.17, 15) is 9.59 Å². The van der Waals surface area contributed by atoms with Gasteiger partial charge in [0, 0.05) is 28.9 Å². The zero-order valence-corrected chi connectivity index (χ0v) is 15.0. The maximum atomic E-state index is 12.1. The summed E-state index contributed by atoms with van der Waals surface area (Å²) in [5.74, 6) is -0.601. The third kappa shape index (κ3) is 4.57. The van der Waals surface area contributed by atoms with E-state index in [1.807, 2.05) is 30.3 Å². The molecule has 0 saturated carbocycles. The number of carbonyl (C=O) groups excluding carboxylic acids is 2. The molecule has 5 heteroatoms. The average Bonchev–Trinajstić information content (AvgIpc) is 3.32. The number of rotatable bonds is 5. The molecule has 130 valence electrons. The van der Waals surface area contributed by atoms with Gasteiger partial charge in [-0.15, -0.1) is 11.3 Å². The number of nitrogens with zero attached hydrogens (tertiary/aromatic N) is 1. The van der Waals surface area contributed by atoms with E-state index >= 15 is 0 Å². The minimum Gasteiger partial charge on any atom is -0.449 e. The van der Waals surface area contributed by atoms with E-state index < -0.39 is 12.1 Å². The van der Waals surface area contributed by atoms with Crippen LogP contribution in [0.4, 0.5) is 0 Å². The first kappa shape index (κ1) is 17.4. The molecule has 2 aromatic rings. The van der Waals surface area contributed by atoms with Gasteiger partial charge in [-0.3, -0.25) is 4.79 Å². The van der Waals surface area contributed by atoms with E-state index in [-0.39, 0.29) is 5.91 Å². The Kier molecular flexibility index (Phi) is 5.66. The highest BCUT2D eigenvalue weighted by Crippen LogP contribution is 2.28. The van der Waals surface area contributed by atoms with Gasteiger partial charge in [0.2, 0.25) is 0 Å². The zero-order chi connectivity index (χ0) is 17.6. The molecule has 0 aliphatic carbocycles. The van der Waals surface area contributed by atoms with Gasteiger partial charge in [-0.25, -0.2) is 4.79 Å². The van der Waals surface area contributed by atoms with Crippen LogP contribution < -0.4 is 0 Å². The summed E-state index contributed by atoms with van der Waals surface area (Å²) in [6.07, 6.45) is 4.42. The molecule has 0 N–H and O–H groups in total. The van der Waals surface area contributed by atoms with Crippen LogP contribution >= 0.6 is 11.3 Å². The SMILES string of the molecule is C[C@@H](OC(=O)/C=C/c1ccc(-c2ccccc2)s1)C(=O)N1CCCC1.